The topological polar surface area (TPSA) is 53.3 Å². The number of fused-ring (bicyclic) bond motifs is 1. The number of rotatable bonds is 6. The maximum atomic E-state index is 5.55. The number of nitrogens with one attached hydrogen (secondary N) is 2. The zero-order chi connectivity index (χ0) is 13.8. The van der Waals surface area contributed by atoms with Crippen LogP contribution < -0.4 is 16.4 Å². The summed E-state index contributed by atoms with van der Waals surface area (Å²) in [6, 6.07) is 2.02. The van der Waals surface area contributed by atoms with Gasteiger partial charge in [-0.05, 0) is 65.1 Å². The minimum atomic E-state index is 0.605. The SMILES string of the molecule is CC(NCCCN)C1CNC2CN(C(C)C)CC2C1. The van der Waals surface area contributed by atoms with Gasteiger partial charge in [-0.15, -0.1) is 0 Å². The fourth-order valence-corrected chi connectivity index (χ4v) is 3.55. The Labute approximate surface area is 118 Å². The second-order valence-corrected chi connectivity index (χ2v) is 6.70. The van der Waals surface area contributed by atoms with Crippen LogP contribution in [0, 0.1) is 11.8 Å². The lowest BCUT2D eigenvalue weighted by Gasteiger charge is -2.36. The van der Waals surface area contributed by atoms with Crippen molar-refractivity contribution in [1.29, 1.82) is 0 Å². The quantitative estimate of drug-likeness (QED) is 0.619. The fraction of sp³-hybridized carbons (Fsp3) is 1.00. The highest BCUT2D eigenvalue weighted by atomic mass is 15.2. The fourth-order valence-electron chi connectivity index (χ4n) is 3.55. The third kappa shape index (κ3) is 3.91. The molecule has 2 rings (SSSR count). The molecule has 4 N–H and O–H groups in total. The Balaban J connectivity index is 1.78. The van der Waals surface area contributed by atoms with Crippen molar-refractivity contribution in [1.82, 2.24) is 15.5 Å². The van der Waals surface area contributed by atoms with Gasteiger partial charge in [-0.2, -0.15) is 0 Å². The molecule has 0 radical (unpaired) electrons. The molecular weight excluding hydrogens is 236 g/mol. The molecule has 4 heteroatoms. The summed E-state index contributed by atoms with van der Waals surface area (Å²) in [6.45, 7) is 12.5. The monoisotopic (exact) mass is 268 g/mol. The molecule has 19 heavy (non-hydrogen) atoms. The van der Waals surface area contributed by atoms with Gasteiger partial charge in [-0.1, -0.05) is 0 Å². The van der Waals surface area contributed by atoms with Crippen molar-refractivity contribution in [3.05, 3.63) is 0 Å². The number of nitrogens with two attached hydrogens (primary N) is 1. The van der Waals surface area contributed by atoms with Gasteiger partial charge in [0.05, 0.1) is 0 Å². The van der Waals surface area contributed by atoms with Crippen LogP contribution >= 0.6 is 0 Å². The minimum absolute atomic E-state index is 0.605. The van der Waals surface area contributed by atoms with Gasteiger partial charge in [0.25, 0.3) is 0 Å². The first-order chi connectivity index (χ1) is 9.11. The smallest absolute Gasteiger partial charge is 0.0235 e. The molecule has 0 aromatic carbocycles. The summed E-state index contributed by atoms with van der Waals surface area (Å²) >= 11 is 0. The van der Waals surface area contributed by atoms with Crippen LogP contribution in [0.15, 0.2) is 0 Å². The van der Waals surface area contributed by atoms with Gasteiger partial charge in [0.1, 0.15) is 0 Å². The van der Waals surface area contributed by atoms with E-state index in [2.05, 4.69) is 36.3 Å². The number of piperidine rings is 1. The Morgan fingerprint density at radius 2 is 2.11 bits per heavy atom. The molecule has 2 fully saturated rings. The van der Waals surface area contributed by atoms with Gasteiger partial charge in [0.15, 0.2) is 0 Å². The average molecular weight is 268 g/mol. The van der Waals surface area contributed by atoms with E-state index in [-0.39, 0.29) is 0 Å². The lowest BCUT2D eigenvalue weighted by Crippen LogP contribution is -2.50. The van der Waals surface area contributed by atoms with Crippen LogP contribution in [0.5, 0.6) is 0 Å². The van der Waals surface area contributed by atoms with E-state index in [1.54, 1.807) is 0 Å². The van der Waals surface area contributed by atoms with Crippen molar-refractivity contribution in [3.63, 3.8) is 0 Å². The van der Waals surface area contributed by atoms with Crippen LogP contribution in [-0.4, -0.2) is 55.7 Å². The molecule has 112 valence electrons. The predicted molar refractivity (Wildman–Crippen MR) is 81.2 cm³/mol. The second kappa shape index (κ2) is 7.02. The van der Waals surface area contributed by atoms with E-state index in [1.807, 2.05) is 0 Å². The third-order valence-electron chi connectivity index (χ3n) is 5.00. The van der Waals surface area contributed by atoms with Crippen LogP contribution in [0.4, 0.5) is 0 Å². The molecule has 0 amide bonds. The number of hydrogen-bond acceptors (Lipinski definition) is 4. The largest absolute Gasteiger partial charge is 0.330 e. The van der Waals surface area contributed by atoms with E-state index in [9.17, 15) is 0 Å². The van der Waals surface area contributed by atoms with Gasteiger partial charge in [0.2, 0.25) is 0 Å². The van der Waals surface area contributed by atoms with E-state index < -0.39 is 0 Å². The zero-order valence-electron chi connectivity index (χ0n) is 12.9. The summed E-state index contributed by atoms with van der Waals surface area (Å²) in [6.07, 6.45) is 2.45. The van der Waals surface area contributed by atoms with Gasteiger partial charge >= 0.3 is 0 Å². The Morgan fingerprint density at radius 3 is 2.79 bits per heavy atom. The Hall–Kier alpha value is -0.160. The summed E-state index contributed by atoms with van der Waals surface area (Å²) in [5.74, 6) is 1.62. The molecule has 2 aliphatic rings. The molecule has 0 spiro atoms. The summed E-state index contributed by atoms with van der Waals surface area (Å²) in [4.78, 5) is 2.62. The maximum Gasteiger partial charge on any atom is 0.0235 e. The molecule has 2 aliphatic heterocycles. The highest BCUT2D eigenvalue weighted by Gasteiger charge is 2.39. The van der Waals surface area contributed by atoms with Crippen LogP contribution in [0.25, 0.3) is 0 Å². The molecule has 2 heterocycles. The van der Waals surface area contributed by atoms with E-state index in [4.69, 9.17) is 5.73 Å². The molecule has 2 saturated heterocycles. The molecule has 0 aromatic heterocycles. The van der Waals surface area contributed by atoms with Crippen molar-refractivity contribution in [2.75, 3.05) is 32.7 Å². The molecular formula is C15H32N4. The summed E-state index contributed by atoms with van der Waals surface area (Å²) in [7, 11) is 0. The Kier molecular flexibility index (Phi) is 5.63. The van der Waals surface area contributed by atoms with Gasteiger partial charge in [-0.3, -0.25) is 4.90 Å². The van der Waals surface area contributed by atoms with Crippen LogP contribution in [0.3, 0.4) is 0 Å². The van der Waals surface area contributed by atoms with Crippen molar-refractivity contribution in [3.8, 4) is 0 Å². The van der Waals surface area contributed by atoms with Crippen molar-refractivity contribution >= 4 is 0 Å². The molecule has 0 aliphatic carbocycles. The molecule has 0 aromatic rings. The Bertz CT molecular complexity index is 269. The molecule has 4 nitrogen and oxygen atoms in total. The first kappa shape index (κ1) is 15.2. The first-order valence-electron chi connectivity index (χ1n) is 8.02. The van der Waals surface area contributed by atoms with E-state index in [0.29, 0.717) is 12.1 Å². The molecule has 0 bridgehead atoms. The summed E-state index contributed by atoms with van der Waals surface area (Å²) in [5, 5.41) is 7.41. The highest BCUT2D eigenvalue weighted by Crippen LogP contribution is 2.30. The molecule has 0 saturated carbocycles. The lowest BCUT2D eigenvalue weighted by molar-refractivity contribution is 0.215. The summed E-state index contributed by atoms with van der Waals surface area (Å²) < 4.78 is 0. The molecule has 4 unspecified atom stereocenters. The number of nitrogens with zero attached hydrogens (tertiary/aromatic N) is 1. The standard InChI is InChI=1S/C15H32N4/c1-11(2)19-9-14-7-13(8-18-15(14)10-19)12(3)17-6-4-5-16/h11-15,17-18H,4-10,16H2,1-3H3. The lowest BCUT2D eigenvalue weighted by atomic mass is 9.83. The zero-order valence-corrected chi connectivity index (χ0v) is 12.9. The van der Waals surface area contributed by atoms with Crippen molar-refractivity contribution in [2.45, 2.75) is 51.7 Å². The van der Waals surface area contributed by atoms with Crippen LogP contribution in [0.1, 0.15) is 33.6 Å². The van der Waals surface area contributed by atoms with Crippen molar-refractivity contribution < 1.29 is 0 Å². The summed E-state index contributed by atoms with van der Waals surface area (Å²) in [5.41, 5.74) is 5.55. The molecule has 4 atom stereocenters. The van der Waals surface area contributed by atoms with Crippen LogP contribution in [0.2, 0.25) is 0 Å². The van der Waals surface area contributed by atoms with Gasteiger partial charge in [-0.25, -0.2) is 0 Å². The normalized spacial score (nSPS) is 33.6. The number of likely N-dealkylation sites (tertiary alicyclic amines) is 1. The number of hydrogen-bond donors (Lipinski definition) is 3. The van der Waals surface area contributed by atoms with Crippen molar-refractivity contribution in [2.24, 2.45) is 17.6 Å². The third-order valence-corrected chi connectivity index (χ3v) is 5.00. The Morgan fingerprint density at radius 1 is 1.32 bits per heavy atom. The van der Waals surface area contributed by atoms with Gasteiger partial charge < -0.3 is 16.4 Å². The first-order valence-corrected chi connectivity index (χ1v) is 8.02. The minimum Gasteiger partial charge on any atom is -0.330 e. The van der Waals surface area contributed by atoms with E-state index in [1.165, 1.54) is 26.1 Å². The predicted octanol–water partition coefficient (Wildman–Crippen LogP) is 0.632. The van der Waals surface area contributed by atoms with E-state index in [0.717, 1.165) is 37.4 Å². The maximum absolute atomic E-state index is 5.55. The van der Waals surface area contributed by atoms with Gasteiger partial charge in [0, 0.05) is 31.2 Å². The highest BCUT2D eigenvalue weighted by molar-refractivity contribution is 4.96. The van der Waals surface area contributed by atoms with E-state index >= 15 is 0 Å². The van der Waals surface area contributed by atoms with Crippen LogP contribution in [-0.2, 0) is 0 Å². The average Bonchev–Trinajstić information content (AvgIpc) is 2.81. The second-order valence-electron chi connectivity index (χ2n) is 6.70.